The Morgan fingerprint density at radius 1 is 0.364 bits per heavy atom. The molecular weight excluding hydrogens is 1380 g/mol. The Bertz CT molecular complexity index is 5390. The molecule has 0 aliphatic carbocycles. The van der Waals surface area contributed by atoms with Crippen molar-refractivity contribution >= 4 is 171 Å². The summed E-state index contributed by atoms with van der Waals surface area (Å²) >= 11 is 3.44. The number of aryl methyl sites for hydroxylation is 10. The predicted molar refractivity (Wildman–Crippen MR) is 438 cm³/mol. The zero-order chi connectivity index (χ0) is 75.8. The number of anilines is 7. The Morgan fingerprint density at radius 2 is 0.944 bits per heavy atom. The first-order chi connectivity index (χ1) is 51.5. The van der Waals surface area contributed by atoms with Gasteiger partial charge in [-0.3, -0.25) is 10.2 Å². The van der Waals surface area contributed by atoms with Crippen molar-refractivity contribution in [3.63, 3.8) is 0 Å². The fourth-order valence-corrected chi connectivity index (χ4v) is 12.9. The number of furan rings is 2. The lowest BCUT2D eigenvalue weighted by molar-refractivity contribution is 0.578. The van der Waals surface area contributed by atoms with Gasteiger partial charge in [0.05, 0.1) is 50.1 Å². The second-order valence-electron chi connectivity index (χ2n) is 24.7. The van der Waals surface area contributed by atoms with Gasteiger partial charge in [0.1, 0.15) is 68.6 Å². The first kappa shape index (κ1) is 74.4. The topological polar surface area (TPSA) is 458 Å². The number of nitrogen functional groups attached to an aromatic ring is 7. The van der Waals surface area contributed by atoms with Crippen LogP contribution in [0.2, 0.25) is 0 Å². The van der Waals surface area contributed by atoms with Crippen LogP contribution in [0.3, 0.4) is 0 Å². The largest absolute Gasteiger partial charge is 0.461 e. The third-order valence-corrected chi connectivity index (χ3v) is 18.1. The van der Waals surface area contributed by atoms with Gasteiger partial charge in [0.2, 0.25) is 0 Å². The van der Waals surface area contributed by atoms with Crippen LogP contribution in [0.4, 0.5) is 40.7 Å². The van der Waals surface area contributed by atoms with Crippen LogP contribution in [0.1, 0.15) is 55.2 Å². The first-order valence-corrected chi connectivity index (χ1v) is 35.1. The molecule has 0 spiro atoms. The Balaban J connectivity index is 0.000000118. The highest BCUT2D eigenvalue weighted by Gasteiger charge is 2.08. The molecule has 0 unspecified atom stereocenters. The van der Waals surface area contributed by atoms with Gasteiger partial charge >= 0.3 is 0 Å². The number of pyridine rings is 7. The molecule has 107 heavy (non-hydrogen) atoms. The van der Waals surface area contributed by atoms with Crippen molar-refractivity contribution in [3.05, 3.63) is 244 Å². The number of hydrogen-bond donors (Lipinski definition) is 13. The third kappa shape index (κ3) is 19.3. The molecule has 0 aliphatic heterocycles. The molecule has 0 atom stereocenters. The maximum absolute atomic E-state index is 5.67. The van der Waals surface area contributed by atoms with Crippen LogP contribution < -0.4 is 40.1 Å². The number of hydrogen-bond acceptors (Lipinski definition) is 23. The normalized spacial score (nSPS) is 10.6. The maximum atomic E-state index is 5.67. The van der Waals surface area contributed by atoms with Gasteiger partial charge in [-0.15, -0.1) is 22.7 Å². The maximum Gasteiger partial charge on any atom is 0.176 e. The lowest BCUT2D eigenvalue weighted by Gasteiger charge is -1.91. The summed E-state index contributed by atoms with van der Waals surface area (Å²) in [6.07, 6.45) is 15.5. The van der Waals surface area contributed by atoms with Crippen LogP contribution in [0.25, 0.3) is 108 Å². The molecule has 0 bridgehead atoms. The summed E-state index contributed by atoms with van der Waals surface area (Å²) in [4.78, 5) is 43.8. The van der Waals surface area contributed by atoms with Gasteiger partial charge in [-0.2, -0.15) is 25.6 Å². The molecule has 0 saturated heterocycles. The number of nitrogens with one attached hydrogen (secondary N) is 6. The number of aromatic amines is 6. The Hall–Kier alpha value is -13.8. The van der Waals surface area contributed by atoms with E-state index >= 15 is 0 Å². The van der Waals surface area contributed by atoms with Crippen molar-refractivity contribution in [2.24, 2.45) is 0 Å². The van der Waals surface area contributed by atoms with Crippen molar-refractivity contribution in [2.75, 3.05) is 40.1 Å². The van der Waals surface area contributed by atoms with Gasteiger partial charge in [-0.25, -0.2) is 39.9 Å². The zero-order valence-electron chi connectivity index (χ0n) is 60.4. The molecule has 0 amide bonds. The fraction of sp³-hybridized carbons (Fsp3) is 0.128. The molecule has 0 saturated carbocycles. The lowest BCUT2D eigenvalue weighted by atomic mass is 10.2. The van der Waals surface area contributed by atoms with Gasteiger partial charge in [-0.1, -0.05) is 29.8 Å². The average Bonchev–Trinajstić information content (AvgIpc) is 1.72. The predicted octanol–water partition coefficient (Wildman–Crippen LogP) is 16.6. The summed E-state index contributed by atoms with van der Waals surface area (Å²) in [7, 11) is 0. The summed E-state index contributed by atoms with van der Waals surface area (Å²) in [5, 5.41) is 32.7. The van der Waals surface area contributed by atoms with Gasteiger partial charge in [0, 0.05) is 102 Å². The molecule has 27 nitrogen and oxygen atoms in total. The van der Waals surface area contributed by atoms with E-state index in [2.05, 4.69) is 161 Å². The third-order valence-electron chi connectivity index (χ3n) is 16.0. The van der Waals surface area contributed by atoms with E-state index in [1.165, 1.54) is 47.3 Å². The van der Waals surface area contributed by atoms with Crippen LogP contribution in [0, 0.1) is 69.2 Å². The molecule has 0 fully saturated rings. The number of nitrogens with zero attached hydrogens (tertiary/aromatic N) is 12. The SMILES string of the molecule is Cc1cc2c(N)nccc2[nH]1.Cc1cc2c(N)nccc2o1.Cc1cc2c(N)nccc2s1.Cc1cc2ccnc(N)c2[nH]1.Cc1cc2ccnc(N)c2o1.Cc1cc2ccnc(N)c2s1.Cc1ccc2[nH]ncc2c1.Cc1ccc2cn[nH]c2c1.Cc1ccc2n[nH]nc2c1.Cc1nc2c(N)nccc2[nH]1. The summed E-state index contributed by atoms with van der Waals surface area (Å²) in [5.41, 5.74) is 54.5. The molecule has 0 radical (unpaired) electrons. The molecular formula is C78H81N25O2S2. The molecule has 542 valence electrons. The highest BCUT2D eigenvalue weighted by molar-refractivity contribution is 7.19. The van der Waals surface area contributed by atoms with E-state index in [1.54, 1.807) is 72.1 Å². The number of thiophene rings is 2. The Morgan fingerprint density at radius 3 is 1.66 bits per heavy atom. The minimum absolute atomic E-state index is 0.454. The van der Waals surface area contributed by atoms with Crippen molar-refractivity contribution in [2.45, 2.75) is 69.2 Å². The number of fused-ring (bicyclic) bond motifs is 10. The van der Waals surface area contributed by atoms with E-state index in [0.29, 0.717) is 46.3 Å². The van der Waals surface area contributed by atoms with Crippen molar-refractivity contribution in [1.82, 2.24) is 90.6 Å². The standard InChI is InChI=1S/2C8H9N3.2C8H8N2O.2C8H8N2S.2C8H8N2.C7H8N4.C7H7N3/c1-5-4-6-7(11-5)2-3-10-8(6)9;1-5-4-6-2-3-10-8(9)7(6)11-5;1-5-4-6-7(11-5)2-3-10-8(6)9;1-5-4-6-2-3-10-8(9)7(6)11-5;1-5-4-6-7(11-5)2-3-10-8(6)9;1-5-4-6-2-3-10-8(9)7(6)11-5;1-6-2-3-8-7(4-6)5-9-10-8;1-6-2-3-7-5-9-10-8(7)4-6;1-4-10-5-2-3-9-7(8)6(5)11-4;1-5-2-3-6-7(4-5)9-10-8-6/h2*2-4,11H,1H3,(H2,9,10);4*2-4H,1H3,(H2,9,10);2*2-5H,1H3,(H,9,10);2-3H,1H3,(H2,8,9)(H,10,11);2-4H,1H3,(H,8,9,10). The lowest BCUT2D eigenvalue weighted by Crippen LogP contribution is -1.89. The zero-order valence-corrected chi connectivity index (χ0v) is 62.1. The van der Waals surface area contributed by atoms with Gasteiger partial charge in [0.25, 0.3) is 0 Å². The van der Waals surface area contributed by atoms with Gasteiger partial charge < -0.3 is 63.9 Å². The molecule has 17 heterocycles. The van der Waals surface area contributed by atoms with Gasteiger partial charge in [-0.05, 0) is 195 Å². The smallest absolute Gasteiger partial charge is 0.176 e. The second-order valence-corrected chi connectivity index (χ2v) is 27.3. The van der Waals surface area contributed by atoms with E-state index in [1.807, 2.05) is 139 Å². The van der Waals surface area contributed by atoms with E-state index in [9.17, 15) is 0 Å². The number of H-pyrrole nitrogens is 6. The highest BCUT2D eigenvalue weighted by atomic mass is 32.1. The molecule has 29 heteroatoms. The molecule has 17 aromatic heterocycles. The second kappa shape index (κ2) is 34.0. The van der Waals surface area contributed by atoms with E-state index in [-0.39, 0.29) is 0 Å². The quantitative estimate of drug-likeness (QED) is 0.0670. The first-order valence-electron chi connectivity index (χ1n) is 33.4. The summed E-state index contributed by atoms with van der Waals surface area (Å²) in [6, 6.07) is 43.8. The number of rotatable bonds is 0. The van der Waals surface area contributed by atoms with Crippen molar-refractivity contribution in [1.29, 1.82) is 0 Å². The van der Waals surface area contributed by atoms with Gasteiger partial charge in [0.15, 0.2) is 17.2 Å². The number of imidazole rings is 1. The van der Waals surface area contributed by atoms with Crippen LogP contribution in [0.15, 0.2) is 198 Å². The average molecular weight is 1460 g/mol. The van der Waals surface area contributed by atoms with E-state index in [0.717, 1.165) is 110 Å². The van der Waals surface area contributed by atoms with Crippen LogP contribution in [-0.2, 0) is 0 Å². The molecule has 0 aliphatic rings. The number of aromatic nitrogens is 18. The van der Waals surface area contributed by atoms with E-state index < -0.39 is 0 Å². The monoisotopic (exact) mass is 1460 g/mol. The molecule has 20 aromatic rings. The highest BCUT2D eigenvalue weighted by Crippen LogP contribution is 2.30. The van der Waals surface area contributed by atoms with Crippen LogP contribution in [-0.4, -0.2) is 90.6 Å². The Kier molecular flexibility index (Phi) is 23.6. The number of benzene rings is 3. The molecule has 20 N–H and O–H groups in total. The van der Waals surface area contributed by atoms with Crippen LogP contribution >= 0.6 is 22.7 Å². The van der Waals surface area contributed by atoms with Crippen LogP contribution in [0.5, 0.6) is 0 Å². The van der Waals surface area contributed by atoms with Crippen molar-refractivity contribution < 1.29 is 8.83 Å². The fourth-order valence-electron chi connectivity index (χ4n) is 11.0. The summed E-state index contributed by atoms with van der Waals surface area (Å²) in [5.74, 6) is 6.47. The summed E-state index contributed by atoms with van der Waals surface area (Å²) < 4.78 is 13.0. The molecule has 3 aromatic carbocycles. The minimum atomic E-state index is 0.454. The van der Waals surface area contributed by atoms with Crippen molar-refractivity contribution in [3.8, 4) is 0 Å². The molecule has 20 rings (SSSR count). The number of nitrogens with two attached hydrogens (primary N) is 7. The minimum Gasteiger partial charge on any atom is -0.461 e. The summed E-state index contributed by atoms with van der Waals surface area (Å²) in [6.45, 7) is 20.0. The Labute approximate surface area is 620 Å². The van der Waals surface area contributed by atoms with E-state index in [4.69, 9.17) is 49.0 Å².